The average molecular weight is 402 g/mol. The lowest BCUT2D eigenvalue weighted by molar-refractivity contribution is -0.134. The summed E-state index contributed by atoms with van der Waals surface area (Å²) in [4.78, 5) is 20.8. The first kappa shape index (κ1) is 22.4. The number of rotatable bonds is 5. The molecule has 0 aliphatic carbocycles. The topological polar surface area (TPSA) is 88.5 Å². The lowest BCUT2D eigenvalue weighted by atomic mass is 10.1. The minimum atomic E-state index is -0.487. The summed E-state index contributed by atoms with van der Waals surface area (Å²) < 4.78 is 4.98. The summed E-state index contributed by atoms with van der Waals surface area (Å²) in [6.45, 7) is 5.36. The zero-order chi connectivity index (χ0) is 16.9. The zero-order valence-corrected chi connectivity index (χ0v) is 16.3. The van der Waals surface area contributed by atoms with Crippen LogP contribution in [0.3, 0.4) is 0 Å². The molecule has 1 fully saturated rings. The van der Waals surface area contributed by atoms with E-state index in [2.05, 4.69) is 15.0 Å². The third kappa shape index (κ3) is 5.95. The summed E-state index contributed by atoms with van der Waals surface area (Å²) in [7, 11) is 0. The van der Waals surface area contributed by atoms with Crippen molar-refractivity contribution >= 4 is 30.7 Å². The number of carbonyl (C=O) groups is 1. The van der Waals surface area contributed by atoms with Crippen LogP contribution in [0.5, 0.6) is 0 Å². The van der Waals surface area contributed by atoms with Gasteiger partial charge >= 0.3 is 0 Å². The Labute approximate surface area is 165 Å². The van der Waals surface area contributed by atoms with Gasteiger partial charge in [-0.05, 0) is 12.0 Å². The molecule has 1 unspecified atom stereocenters. The molecule has 1 atom stereocenters. The summed E-state index contributed by atoms with van der Waals surface area (Å²) in [6, 6.07) is 9.39. The number of nitrogens with two attached hydrogens (primary N) is 1. The van der Waals surface area contributed by atoms with E-state index in [9.17, 15) is 4.79 Å². The molecule has 26 heavy (non-hydrogen) atoms. The molecule has 0 bridgehead atoms. The van der Waals surface area contributed by atoms with E-state index in [4.69, 9.17) is 10.3 Å². The van der Waals surface area contributed by atoms with Gasteiger partial charge in [-0.3, -0.25) is 9.69 Å². The smallest absolute Gasteiger partial charge is 0.239 e. The van der Waals surface area contributed by atoms with Crippen molar-refractivity contribution in [2.45, 2.75) is 25.9 Å². The fraction of sp³-hybridized carbons (Fsp3) is 0.471. The van der Waals surface area contributed by atoms with E-state index in [1.165, 1.54) is 0 Å². The molecule has 2 aromatic rings. The van der Waals surface area contributed by atoms with Crippen molar-refractivity contribution in [1.82, 2.24) is 19.9 Å². The zero-order valence-electron chi connectivity index (χ0n) is 14.7. The van der Waals surface area contributed by atoms with Gasteiger partial charge in [-0.1, -0.05) is 35.5 Å². The molecule has 7 nitrogen and oxygen atoms in total. The summed E-state index contributed by atoms with van der Waals surface area (Å²) in [6.07, 6.45) is 0.571. The fourth-order valence-electron chi connectivity index (χ4n) is 2.92. The predicted octanol–water partition coefficient (Wildman–Crippen LogP) is 1.44. The number of benzene rings is 1. The van der Waals surface area contributed by atoms with Crippen LogP contribution in [0.4, 0.5) is 0 Å². The van der Waals surface area contributed by atoms with Gasteiger partial charge < -0.3 is 15.2 Å². The van der Waals surface area contributed by atoms with Crippen LogP contribution in [0.1, 0.15) is 17.3 Å². The number of amides is 1. The Morgan fingerprint density at radius 3 is 2.42 bits per heavy atom. The quantitative estimate of drug-likeness (QED) is 0.814. The Kier molecular flexibility index (Phi) is 9.01. The molecule has 3 rings (SSSR count). The Hall–Kier alpha value is -1.67. The second-order valence-corrected chi connectivity index (χ2v) is 6.13. The molecule has 1 saturated heterocycles. The predicted molar refractivity (Wildman–Crippen MR) is 104 cm³/mol. The van der Waals surface area contributed by atoms with Crippen LogP contribution in [0.25, 0.3) is 0 Å². The number of halogens is 2. The second kappa shape index (κ2) is 10.5. The van der Waals surface area contributed by atoms with Gasteiger partial charge in [0.15, 0.2) is 5.82 Å². The van der Waals surface area contributed by atoms with E-state index >= 15 is 0 Å². The first-order valence-electron chi connectivity index (χ1n) is 8.21. The highest BCUT2D eigenvalue weighted by molar-refractivity contribution is 5.85. The number of piperazine rings is 1. The van der Waals surface area contributed by atoms with Crippen molar-refractivity contribution in [3.8, 4) is 0 Å². The van der Waals surface area contributed by atoms with Crippen molar-refractivity contribution in [3.05, 3.63) is 47.6 Å². The van der Waals surface area contributed by atoms with Crippen LogP contribution in [-0.4, -0.2) is 58.1 Å². The number of nitrogens with zero attached hydrogens (tertiary/aromatic N) is 4. The van der Waals surface area contributed by atoms with Gasteiger partial charge in [0.1, 0.15) is 0 Å². The van der Waals surface area contributed by atoms with E-state index in [0.29, 0.717) is 37.8 Å². The number of aromatic nitrogens is 2. The third-order valence-electron chi connectivity index (χ3n) is 4.23. The SMILES string of the molecule is Cc1nc(CN2CCN(C(=O)C(N)Cc3ccccc3)CC2)no1.Cl.Cl. The van der Waals surface area contributed by atoms with Crippen molar-refractivity contribution < 1.29 is 9.32 Å². The highest BCUT2D eigenvalue weighted by Crippen LogP contribution is 2.09. The van der Waals surface area contributed by atoms with Gasteiger partial charge in [-0.25, -0.2) is 0 Å². The summed E-state index contributed by atoms with van der Waals surface area (Å²) >= 11 is 0. The highest BCUT2D eigenvalue weighted by atomic mass is 35.5. The monoisotopic (exact) mass is 401 g/mol. The summed E-state index contributed by atoms with van der Waals surface area (Å²) in [5.74, 6) is 1.28. The van der Waals surface area contributed by atoms with Crippen molar-refractivity contribution in [2.24, 2.45) is 5.73 Å². The summed E-state index contributed by atoms with van der Waals surface area (Å²) in [5, 5.41) is 3.91. The van der Waals surface area contributed by atoms with Gasteiger partial charge in [0, 0.05) is 33.1 Å². The van der Waals surface area contributed by atoms with Crippen LogP contribution in [0.2, 0.25) is 0 Å². The van der Waals surface area contributed by atoms with E-state index in [1.807, 2.05) is 35.2 Å². The van der Waals surface area contributed by atoms with Crippen LogP contribution < -0.4 is 5.73 Å². The molecular weight excluding hydrogens is 377 g/mol. The lowest BCUT2D eigenvalue weighted by Crippen LogP contribution is -2.53. The lowest BCUT2D eigenvalue weighted by Gasteiger charge is -2.35. The number of carbonyl (C=O) groups excluding carboxylic acids is 1. The molecule has 1 aromatic heterocycles. The third-order valence-corrected chi connectivity index (χ3v) is 4.23. The molecule has 1 aliphatic heterocycles. The van der Waals surface area contributed by atoms with Gasteiger partial charge in [0.25, 0.3) is 0 Å². The fourth-order valence-corrected chi connectivity index (χ4v) is 2.92. The Bertz CT molecular complexity index is 675. The molecule has 9 heteroatoms. The normalized spacial score (nSPS) is 15.7. The van der Waals surface area contributed by atoms with Crippen molar-refractivity contribution in [2.75, 3.05) is 26.2 Å². The molecule has 2 N–H and O–H groups in total. The van der Waals surface area contributed by atoms with Crippen LogP contribution >= 0.6 is 24.8 Å². The molecule has 144 valence electrons. The molecule has 2 heterocycles. The molecule has 1 aliphatic rings. The van der Waals surface area contributed by atoms with Gasteiger partial charge in [0.2, 0.25) is 11.8 Å². The number of aryl methyl sites for hydroxylation is 1. The van der Waals surface area contributed by atoms with Crippen LogP contribution in [0, 0.1) is 6.92 Å². The van der Waals surface area contributed by atoms with Crippen LogP contribution in [0.15, 0.2) is 34.9 Å². The second-order valence-electron chi connectivity index (χ2n) is 6.13. The van der Waals surface area contributed by atoms with Gasteiger partial charge in [-0.15, -0.1) is 24.8 Å². The minimum absolute atomic E-state index is 0. The number of hydrogen-bond acceptors (Lipinski definition) is 6. The van der Waals surface area contributed by atoms with Crippen molar-refractivity contribution in [3.63, 3.8) is 0 Å². The Morgan fingerprint density at radius 2 is 1.85 bits per heavy atom. The molecule has 1 amide bonds. The standard InChI is InChI=1S/C17H23N5O2.2ClH/c1-13-19-16(20-24-13)12-21-7-9-22(10-8-21)17(23)15(18)11-14-5-3-2-4-6-14;;/h2-6,15H,7-12,18H2,1H3;2*1H. The maximum atomic E-state index is 12.5. The Balaban J connectivity index is 0.00000169. The Morgan fingerprint density at radius 1 is 1.19 bits per heavy atom. The maximum absolute atomic E-state index is 12.5. The highest BCUT2D eigenvalue weighted by Gasteiger charge is 2.25. The van der Waals surface area contributed by atoms with Gasteiger partial charge in [0.05, 0.1) is 12.6 Å². The average Bonchev–Trinajstić information content (AvgIpc) is 3.00. The van der Waals surface area contributed by atoms with E-state index in [0.717, 1.165) is 18.7 Å². The molecule has 1 aromatic carbocycles. The van der Waals surface area contributed by atoms with Crippen molar-refractivity contribution in [1.29, 1.82) is 0 Å². The summed E-state index contributed by atoms with van der Waals surface area (Å²) in [5.41, 5.74) is 7.19. The number of hydrogen-bond donors (Lipinski definition) is 1. The molecule has 0 spiro atoms. The minimum Gasteiger partial charge on any atom is -0.340 e. The maximum Gasteiger partial charge on any atom is 0.239 e. The van der Waals surface area contributed by atoms with E-state index in [-0.39, 0.29) is 30.7 Å². The van der Waals surface area contributed by atoms with Gasteiger partial charge in [-0.2, -0.15) is 4.98 Å². The molecule has 0 saturated carbocycles. The van der Waals surface area contributed by atoms with Crippen LogP contribution in [-0.2, 0) is 17.8 Å². The molecule has 0 radical (unpaired) electrons. The molecular formula is C17H25Cl2N5O2. The van der Waals surface area contributed by atoms with E-state index in [1.54, 1.807) is 6.92 Å². The van der Waals surface area contributed by atoms with E-state index < -0.39 is 6.04 Å². The first-order valence-corrected chi connectivity index (χ1v) is 8.21. The largest absolute Gasteiger partial charge is 0.340 e. The first-order chi connectivity index (χ1) is 11.6.